The van der Waals surface area contributed by atoms with E-state index in [0.29, 0.717) is 0 Å². The maximum atomic E-state index is 6.65. The predicted octanol–water partition coefficient (Wildman–Crippen LogP) is 6.34. The van der Waals surface area contributed by atoms with Gasteiger partial charge < -0.3 is 19.5 Å². The zero-order valence-electron chi connectivity index (χ0n) is 18.6. The molecule has 3 aromatic carbocycles. The average molecular weight is 418 g/mol. The first kappa shape index (κ1) is 20.2. The van der Waals surface area contributed by atoms with Gasteiger partial charge in [-0.05, 0) is 48.9 Å². The fourth-order valence-corrected chi connectivity index (χ4v) is 5.53. The maximum Gasteiger partial charge on any atom is 0.132 e. The normalized spacial score (nSPS) is 20.3. The number of rotatable bonds is 5. The topological polar surface area (TPSA) is 39.7 Å². The van der Waals surface area contributed by atoms with E-state index in [-0.39, 0.29) is 17.7 Å². The van der Waals surface area contributed by atoms with Crippen LogP contribution in [0.2, 0.25) is 0 Å². The van der Waals surface area contributed by atoms with Gasteiger partial charge in [-0.2, -0.15) is 0 Å². The van der Waals surface area contributed by atoms with Gasteiger partial charge in [0, 0.05) is 30.6 Å². The quantitative estimate of drug-likeness (QED) is 0.525. The molecule has 1 saturated carbocycles. The Balaban J connectivity index is 1.55. The van der Waals surface area contributed by atoms with Crippen molar-refractivity contribution in [2.24, 2.45) is 0 Å². The molecule has 1 heterocycles. The third kappa shape index (κ3) is 3.63. The molecule has 0 amide bonds. The van der Waals surface area contributed by atoms with Crippen molar-refractivity contribution in [1.82, 2.24) is 5.32 Å². The van der Waals surface area contributed by atoms with Gasteiger partial charge in [0.2, 0.25) is 0 Å². The standard InChI is InChI=1S/C27H31NO3/c1-18(21-12-8-10-19-9-4-5-11-22(19)21)28-23-17-27(13-6-7-14-27)31-25-16-20(29-2)15-24(30-3)26(23)25/h4-5,8-12,15-16,18,23,28H,6-7,13-14,17H2,1-3H3. The van der Waals surface area contributed by atoms with Gasteiger partial charge in [-0.1, -0.05) is 42.5 Å². The zero-order valence-corrected chi connectivity index (χ0v) is 18.6. The second-order valence-electron chi connectivity index (χ2n) is 8.95. The molecule has 1 fully saturated rings. The van der Waals surface area contributed by atoms with Crippen molar-refractivity contribution in [2.45, 2.75) is 56.7 Å². The SMILES string of the molecule is COc1cc(OC)c2c(c1)OC1(CCCC1)CC2NC(C)c1cccc2ccccc12. The van der Waals surface area contributed by atoms with Crippen LogP contribution in [0.5, 0.6) is 17.2 Å². The lowest BCUT2D eigenvalue weighted by molar-refractivity contribution is 0.0338. The van der Waals surface area contributed by atoms with Gasteiger partial charge >= 0.3 is 0 Å². The highest BCUT2D eigenvalue weighted by Crippen LogP contribution is 2.51. The largest absolute Gasteiger partial charge is 0.496 e. The summed E-state index contributed by atoms with van der Waals surface area (Å²) in [7, 11) is 3.41. The van der Waals surface area contributed by atoms with Gasteiger partial charge in [-0.3, -0.25) is 0 Å². The van der Waals surface area contributed by atoms with Crippen LogP contribution in [0.4, 0.5) is 0 Å². The van der Waals surface area contributed by atoms with E-state index in [4.69, 9.17) is 14.2 Å². The first-order chi connectivity index (χ1) is 15.1. The van der Waals surface area contributed by atoms with Crippen LogP contribution >= 0.6 is 0 Å². The minimum absolute atomic E-state index is 0.0967. The van der Waals surface area contributed by atoms with Gasteiger partial charge in [-0.25, -0.2) is 0 Å². The Morgan fingerprint density at radius 3 is 2.55 bits per heavy atom. The van der Waals surface area contributed by atoms with Crippen LogP contribution in [0.25, 0.3) is 10.8 Å². The minimum Gasteiger partial charge on any atom is -0.496 e. The molecule has 162 valence electrons. The van der Waals surface area contributed by atoms with Crippen LogP contribution < -0.4 is 19.5 Å². The van der Waals surface area contributed by atoms with E-state index in [1.165, 1.54) is 29.2 Å². The van der Waals surface area contributed by atoms with Crippen LogP contribution in [-0.4, -0.2) is 19.8 Å². The molecule has 1 spiro atoms. The molecule has 2 atom stereocenters. The summed E-state index contributed by atoms with van der Waals surface area (Å²) >= 11 is 0. The average Bonchev–Trinajstić information content (AvgIpc) is 3.24. The first-order valence-electron chi connectivity index (χ1n) is 11.3. The Morgan fingerprint density at radius 2 is 1.77 bits per heavy atom. The summed E-state index contributed by atoms with van der Waals surface area (Å²) in [6.07, 6.45) is 5.61. The van der Waals surface area contributed by atoms with Crippen molar-refractivity contribution in [1.29, 1.82) is 0 Å². The van der Waals surface area contributed by atoms with Crippen molar-refractivity contribution in [3.8, 4) is 17.2 Å². The van der Waals surface area contributed by atoms with E-state index in [9.17, 15) is 0 Å². The summed E-state index contributed by atoms with van der Waals surface area (Å²) in [6.45, 7) is 2.26. The fraction of sp³-hybridized carbons (Fsp3) is 0.407. The van der Waals surface area contributed by atoms with Gasteiger partial charge in [0.15, 0.2) is 0 Å². The van der Waals surface area contributed by atoms with Crippen molar-refractivity contribution < 1.29 is 14.2 Å². The fourth-order valence-electron chi connectivity index (χ4n) is 5.53. The number of ether oxygens (including phenoxy) is 3. The van der Waals surface area contributed by atoms with Gasteiger partial charge in [0.25, 0.3) is 0 Å². The predicted molar refractivity (Wildman–Crippen MR) is 124 cm³/mol. The van der Waals surface area contributed by atoms with Crippen LogP contribution in [-0.2, 0) is 0 Å². The summed E-state index contributed by atoms with van der Waals surface area (Å²) in [6, 6.07) is 19.5. The molecule has 5 rings (SSSR count). The molecule has 1 aliphatic heterocycles. The van der Waals surface area contributed by atoms with E-state index >= 15 is 0 Å². The van der Waals surface area contributed by atoms with Crippen LogP contribution in [0.3, 0.4) is 0 Å². The highest BCUT2D eigenvalue weighted by atomic mass is 16.5. The molecule has 0 aromatic heterocycles. The van der Waals surface area contributed by atoms with E-state index in [1.54, 1.807) is 14.2 Å². The number of fused-ring (bicyclic) bond motifs is 2. The Hall–Kier alpha value is -2.72. The minimum atomic E-state index is -0.0967. The second-order valence-corrected chi connectivity index (χ2v) is 8.95. The van der Waals surface area contributed by atoms with Crippen molar-refractivity contribution in [3.63, 3.8) is 0 Å². The second kappa shape index (κ2) is 8.08. The third-order valence-corrected chi connectivity index (χ3v) is 7.04. The van der Waals surface area contributed by atoms with Crippen molar-refractivity contribution in [2.75, 3.05) is 14.2 Å². The monoisotopic (exact) mass is 417 g/mol. The maximum absolute atomic E-state index is 6.65. The summed E-state index contributed by atoms with van der Waals surface area (Å²) < 4.78 is 18.0. The summed E-state index contributed by atoms with van der Waals surface area (Å²) in [5, 5.41) is 6.52. The zero-order chi connectivity index (χ0) is 21.4. The highest BCUT2D eigenvalue weighted by Gasteiger charge is 2.44. The molecule has 3 aromatic rings. The molecular weight excluding hydrogens is 386 g/mol. The number of nitrogens with one attached hydrogen (secondary N) is 1. The number of hydrogen-bond acceptors (Lipinski definition) is 4. The third-order valence-electron chi connectivity index (χ3n) is 7.04. The molecule has 0 radical (unpaired) electrons. The van der Waals surface area contributed by atoms with Crippen molar-refractivity contribution in [3.05, 3.63) is 65.7 Å². The number of methoxy groups -OCH3 is 2. The molecule has 1 aliphatic carbocycles. The summed E-state index contributed by atoms with van der Waals surface area (Å²) in [4.78, 5) is 0. The molecule has 0 bridgehead atoms. The number of hydrogen-bond donors (Lipinski definition) is 1. The van der Waals surface area contributed by atoms with Gasteiger partial charge in [0.05, 0.1) is 19.8 Å². The van der Waals surface area contributed by atoms with E-state index < -0.39 is 0 Å². The first-order valence-corrected chi connectivity index (χ1v) is 11.3. The van der Waals surface area contributed by atoms with Gasteiger partial charge in [0.1, 0.15) is 22.8 Å². The smallest absolute Gasteiger partial charge is 0.132 e. The molecule has 31 heavy (non-hydrogen) atoms. The molecule has 4 heteroatoms. The van der Waals surface area contributed by atoms with Gasteiger partial charge in [-0.15, -0.1) is 0 Å². The molecular formula is C27H31NO3. The lowest BCUT2D eigenvalue weighted by Gasteiger charge is -2.42. The Kier molecular flexibility index (Phi) is 5.27. The van der Waals surface area contributed by atoms with Crippen LogP contribution in [0, 0.1) is 0 Å². The molecule has 1 N–H and O–H groups in total. The molecule has 2 unspecified atom stereocenters. The van der Waals surface area contributed by atoms with Crippen LogP contribution in [0.1, 0.15) is 62.2 Å². The summed E-state index contributed by atoms with van der Waals surface area (Å²) in [5.41, 5.74) is 2.33. The Morgan fingerprint density at radius 1 is 1.00 bits per heavy atom. The lowest BCUT2D eigenvalue weighted by Crippen LogP contribution is -2.42. The molecule has 0 saturated heterocycles. The van der Waals surface area contributed by atoms with E-state index in [2.05, 4.69) is 54.7 Å². The Bertz CT molecular complexity index is 1080. The lowest BCUT2D eigenvalue weighted by atomic mass is 9.84. The van der Waals surface area contributed by atoms with E-state index in [0.717, 1.165) is 42.1 Å². The van der Waals surface area contributed by atoms with Crippen molar-refractivity contribution >= 4 is 10.8 Å². The summed E-state index contributed by atoms with van der Waals surface area (Å²) in [5.74, 6) is 2.49. The number of benzene rings is 3. The van der Waals surface area contributed by atoms with E-state index in [1.807, 2.05) is 12.1 Å². The Labute approximate surface area is 184 Å². The highest BCUT2D eigenvalue weighted by molar-refractivity contribution is 5.86. The van der Waals surface area contributed by atoms with Crippen LogP contribution in [0.15, 0.2) is 54.6 Å². The molecule has 4 nitrogen and oxygen atoms in total. The molecule has 2 aliphatic rings.